The third-order valence-corrected chi connectivity index (χ3v) is 3.19. The number of rotatable bonds is 8. The molecule has 1 aromatic rings. The lowest BCUT2D eigenvalue weighted by Gasteiger charge is -2.23. The van der Waals surface area contributed by atoms with E-state index in [0.29, 0.717) is 18.4 Å². The number of hydrogen-bond acceptors (Lipinski definition) is 4. The zero-order valence-electron chi connectivity index (χ0n) is 12.3. The van der Waals surface area contributed by atoms with Gasteiger partial charge in [0.05, 0.1) is 13.7 Å². The van der Waals surface area contributed by atoms with E-state index in [4.69, 9.17) is 9.47 Å². The topological polar surface area (TPSA) is 50.7 Å². The fraction of sp³-hybridized carbons (Fsp3) is 0.600. The first-order valence-corrected chi connectivity index (χ1v) is 6.74. The molecule has 1 aromatic carbocycles. The Balaban J connectivity index is 2.72. The van der Waals surface area contributed by atoms with Gasteiger partial charge in [-0.3, -0.25) is 0 Å². The molecule has 0 aliphatic heterocycles. The highest BCUT2D eigenvalue weighted by Crippen LogP contribution is 2.29. The van der Waals surface area contributed by atoms with Gasteiger partial charge in [0.2, 0.25) is 0 Å². The van der Waals surface area contributed by atoms with E-state index in [0.717, 1.165) is 18.4 Å². The number of aromatic hydroxyl groups is 1. The molecule has 2 atom stereocenters. The normalized spacial score (nSPS) is 14.1. The van der Waals surface area contributed by atoms with Crippen LogP contribution in [0.15, 0.2) is 18.2 Å². The Labute approximate surface area is 115 Å². The molecule has 0 saturated heterocycles. The summed E-state index contributed by atoms with van der Waals surface area (Å²) >= 11 is 0. The smallest absolute Gasteiger partial charge is 0.160 e. The van der Waals surface area contributed by atoms with Gasteiger partial charge in [-0.05, 0) is 31.0 Å². The molecule has 0 aliphatic rings. The van der Waals surface area contributed by atoms with E-state index in [1.807, 2.05) is 12.1 Å². The van der Waals surface area contributed by atoms with E-state index in [1.165, 1.54) is 0 Å². The van der Waals surface area contributed by atoms with Crippen LogP contribution in [0.5, 0.6) is 11.5 Å². The maximum absolute atomic E-state index is 9.60. The second kappa shape index (κ2) is 8.02. The minimum atomic E-state index is 0.167. The number of phenols is 1. The molecule has 0 saturated carbocycles. The summed E-state index contributed by atoms with van der Waals surface area (Å²) in [5.41, 5.74) is 1.09. The van der Waals surface area contributed by atoms with E-state index in [2.05, 4.69) is 19.2 Å². The Morgan fingerprint density at radius 3 is 2.63 bits per heavy atom. The van der Waals surface area contributed by atoms with Gasteiger partial charge in [0.25, 0.3) is 0 Å². The van der Waals surface area contributed by atoms with Crippen molar-refractivity contribution >= 4 is 0 Å². The predicted molar refractivity (Wildman–Crippen MR) is 76.8 cm³/mol. The van der Waals surface area contributed by atoms with Gasteiger partial charge in [0.15, 0.2) is 11.5 Å². The lowest BCUT2D eigenvalue weighted by Crippen LogP contribution is -2.35. The average molecular weight is 267 g/mol. The van der Waals surface area contributed by atoms with Gasteiger partial charge in [0, 0.05) is 19.2 Å². The van der Waals surface area contributed by atoms with Crippen molar-refractivity contribution in [2.24, 2.45) is 0 Å². The van der Waals surface area contributed by atoms with Crippen LogP contribution in [0.2, 0.25) is 0 Å². The molecule has 4 heteroatoms. The number of hydrogen-bond donors (Lipinski definition) is 2. The first-order chi connectivity index (χ1) is 9.12. The molecule has 19 heavy (non-hydrogen) atoms. The summed E-state index contributed by atoms with van der Waals surface area (Å²) in [5.74, 6) is 0.672. The minimum absolute atomic E-state index is 0.167. The second-order valence-corrected chi connectivity index (χ2v) is 4.76. The Kier molecular flexibility index (Phi) is 6.67. The summed E-state index contributed by atoms with van der Waals surface area (Å²) < 4.78 is 10.4. The Hall–Kier alpha value is -1.26. The summed E-state index contributed by atoms with van der Waals surface area (Å²) in [7, 11) is 3.28. The Bertz CT molecular complexity index is 376. The average Bonchev–Trinajstić information content (AvgIpc) is 2.39. The van der Waals surface area contributed by atoms with E-state index in [1.54, 1.807) is 20.3 Å². The summed E-state index contributed by atoms with van der Waals surface area (Å²) in [5, 5.41) is 13.1. The summed E-state index contributed by atoms with van der Waals surface area (Å²) in [6.07, 6.45) is 2.19. The van der Waals surface area contributed by atoms with Crippen molar-refractivity contribution in [1.29, 1.82) is 0 Å². The van der Waals surface area contributed by atoms with E-state index in [9.17, 15) is 5.11 Å². The van der Waals surface area contributed by atoms with Gasteiger partial charge in [-0.25, -0.2) is 0 Å². The first kappa shape index (κ1) is 15.8. The number of phenolic OH excluding ortho intramolecular Hbond substituents is 1. The molecule has 0 aliphatic carbocycles. The van der Waals surface area contributed by atoms with Crippen molar-refractivity contribution in [2.45, 2.75) is 38.8 Å². The Morgan fingerprint density at radius 1 is 1.32 bits per heavy atom. The lowest BCUT2D eigenvalue weighted by molar-refractivity contribution is 0.157. The lowest BCUT2D eigenvalue weighted by atomic mass is 10.1. The molecule has 2 N–H and O–H groups in total. The van der Waals surface area contributed by atoms with Gasteiger partial charge in [-0.2, -0.15) is 0 Å². The molecular weight excluding hydrogens is 242 g/mol. The van der Waals surface area contributed by atoms with Crippen molar-refractivity contribution in [1.82, 2.24) is 5.32 Å². The van der Waals surface area contributed by atoms with Crippen LogP contribution in [0.25, 0.3) is 0 Å². The molecule has 0 fully saturated rings. The molecule has 2 unspecified atom stereocenters. The van der Waals surface area contributed by atoms with Crippen molar-refractivity contribution in [3.05, 3.63) is 23.8 Å². The summed E-state index contributed by atoms with van der Waals surface area (Å²) in [4.78, 5) is 0. The van der Waals surface area contributed by atoms with Gasteiger partial charge in [0.1, 0.15) is 0 Å². The Morgan fingerprint density at radius 2 is 2.05 bits per heavy atom. The van der Waals surface area contributed by atoms with Crippen LogP contribution in [-0.4, -0.2) is 32.0 Å². The third-order valence-electron chi connectivity index (χ3n) is 3.19. The minimum Gasteiger partial charge on any atom is -0.504 e. The fourth-order valence-electron chi connectivity index (χ4n) is 2.18. The van der Waals surface area contributed by atoms with Crippen molar-refractivity contribution in [2.75, 3.05) is 20.8 Å². The molecule has 0 bridgehead atoms. The maximum Gasteiger partial charge on any atom is 0.160 e. The number of benzene rings is 1. The van der Waals surface area contributed by atoms with Crippen LogP contribution in [0.3, 0.4) is 0 Å². The molecule has 0 radical (unpaired) electrons. The quantitative estimate of drug-likeness (QED) is 0.760. The third kappa shape index (κ3) is 4.73. The highest BCUT2D eigenvalue weighted by Gasteiger charge is 2.14. The molecule has 108 valence electrons. The van der Waals surface area contributed by atoms with Crippen LogP contribution in [-0.2, 0) is 4.74 Å². The predicted octanol–water partition coefficient (Wildman–Crippen LogP) is 2.87. The standard InChI is InChI=1S/C15H25NO3/c1-5-6-13(10-18-3)16-11(2)12-7-8-14(17)15(9-12)19-4/h7-9,11,13,16-17H,5-6,10H2,1-4H3. The first-order valence-electron chi connectivity index (χ1n) is 6.74. The molecular formula is C15H25NO3. The van der Waals surface area contributed by atoms with Crippen LogP contribution in [0.4, 0.5) is 0 Å². The van der Waals surface area contributed by atoms with Crippen LogP contribution < -0.4 is 10.1 Å². The van der Waals surface area contributed by atoms with Crippen molar-refractivity contribution in [3.8, 4) is 11.5 Å². The molecule has 1 rings (SSSR count). The summed E-state index contributed by atoms with van der Waals surface area (Å²) in [6, 6.07) is 5.96. The SMILES string of the molecule is CCCC(COC)NC(C)c1ccc(O)c(OC)c1. The largest absolute Gasteiger partial charge is 0.504 e. The molecule has 0 heterocycles. The molecule has 0 amide bonds. The van der Waals surface area contributed by atoms with Crippen LogP contribution in [0.1, 0.15) is 38.3 Å². The fourth-order valence-corrected chi connectivity index (χ4v) is 2.18. The van der Waals surface area contributed by atoms with Crippen molar-refractivity contribution < 1.29 is 14.6 Å². The monoisotopic (exact) mass is 267 g/mol. The number of ether oxygens (including phenoxy) is 2. The van der Waals surface area contributed by atoms with Gasteiger partial charge >= 0.3 is 0 Å². The highest BCUT2D eigenvalue weighted by atomic mass is 16.5. The van der Waals surface area contributed by atoms with Crippen molar-refractivity contribution in [3.63, 3.8) is 0 Å². The van der Waals surface area contributed by atoms with Crippen LogP contribution in [0, 0.1) is 0 Å². The van der Waals surface area contributed by atoms with E-state index in [-0.39, 0.29) is 11.8 Å². The zero-order valence-corrected chi connectivity index (χ0v) is 12.3. The van der Waals surface area contributed by atoms with E-state index >= 15 is 0 Å². The molecule has 4 nitrogen and oxygen atoms in total. The number of methoxy groups -OCH3 is 2. The van der Waals surface area contributed by atoms with Gasteiger partial charge in [-0.1, -0.05) is 19.4 Å². The number of nitrogens with one attached hydrogen (secondary N) is 1. The molecule has 0 aromatic heterocycles. The van der Waals surface area contributed by atoms with Crippen LogP contribution >= 0.6 is 0 Å². The maximum atomic E-state index is 9.60. The second-order valence-electron chi connectivity index (χ2n) is 4.76. The van der Waals surface area contributed by atoms with Gasteiger partial charge < -0.3 is 19.9 Å². The van der Waals surface area contributed by atoms with E-state index < -0.39 is 0 Å². The zero-order chi connectivity index (χ0) is 14.3. The highest BCUT2D eigenvalue weighted by molar-refractivity contribution is 5.42. The summed E-state index contributed by atoms with van der Waals surface area (Å²) in [6.45, 7) is 4.97. The van der Waals surface area contributed by atoms with Gasteiger partial charge in [-0.15, -0.1) is 0 Å². The molecule has 0 spiro atoms.